The van der Waals surface area contributed by atoms with Gasteiger partial charge in [-0.3, -0.25) is 0 Å². The first-order valence-electron chi connectivity index (χ1n) is 6.90. The molecule has 4 heteroatoms. The van der Waals surface area contributed by atoms with E-state index in [1.165, 1.54) is 5.56 Å². The van der Waals surface area contributed by atoms with Crippen LogP contribution in [0.25, 0.3) is 0 Å². The molecule has 4 nitrogen and oxygen atoms in total. The Balaban J connectivity index is 2.88. The molecule has 112 valence electrons. The Labute approximate surface area is 122 Å². The normalized spacial score (nSPS) is 12.8. The lowest BCUT2D eigenvalue weighted by molar-refractivity contribution is 0.0234. The maximum atomic E-state index is 12.1. The van der Waals surface area contributed by atoms with Crippen LogP contribution in [-0.2, 0) is 4.74 Å². The number of anilines is 1. The highest BCUT2D eigenvalue weighted by molar-refractivity contribution is 5.68. The number of benzene rings is 1. The van der Waals surface area contributed by atoms with Crippen molar-refractivity contribution in [3.05, 3.63) is 29.3 Å². The summed E-state index contributed by atoms with van der Waals surface area (Å²) in [6.07, 6.45) is -0.309. The molecular weight excluding hydrogens is 252 g/mol. The van der Waals surface area contributed by atoms with Crippen molar-refractivity contribution in [2.75, 3.05) is 19.4 Å². The van der Waals surface area contributed by atoms with E-state index in [1.807, 2.05) is 40.8 Å². The third kappa shape index (κ3) is 4.15. The van der Waals surface area contributed by atoms with E-state index in [2.05, 4.69) is 24.4 Å². The molecule has 1 atom stereocenters. The first-order valence-corrected chi connectivity index (χ1v) is 6.90. The van der Waals surface area contributed by atoms with Crippen LogP contribution in [0, 0.1) is 6.92 Å². The maximum Gasteiger partial charge on any atom is 0.410 e. The quantitative estimate of drug-likeness (QED) is 0.909. The summed E-state index contributed by atoms with van der Waals surface area (Å²) < 4.78 is 5.39. The van der Waals surface area contributed by atoms with Crippen LogP contribution in [0.3, 0.4) is 0 Å². The van der Waals surface area contributed by atoms with E-state index >= 15 is 0 Å². The molecule has 0 aromatic heterocycles. The zero-order chi connectivity index (χ0) is 15.5. The summed E-state index contributed by atoms with van der Waals surface area (Å²) in [6, 6.07) is 6.13. The van der Waals surface area contributed by atoms with Gasteiger partial charge in [0.1, 0.15) is 5.60 Å². The highest BCUT2D eigenvalue weighted by Gasteiger charge is 2.23. The summed E-state index contributed by atoms with van der Waals surface area (Å²) in [5.74, 6) is 0. The van der Waals surface area contributed by atoms with Crippen LogP contribution in [-0.4, -0.2) is 30.7 Å². The standard InChI is InChI=1S/C16H26N2O2/c1-11-8-9-13(10-14(11)17-6)12(2)18(7)15(19)20-16(3,4)5/h8-10,12,17H,1-7H3. The Bertz CT molecular complexity index is 478. The van der Waals surface area contributed by atoms with Crippen LogP contribution in [0.2, 0.25) is 0 Å². The van der Waals surface area contributed by atoms with Crippen LogP contribution >= 0.6 is 0 Å². The van der Waals surface area contributed by atoms with Gasteiger partial charge in [-0.25, -0.2) is 4.79 Å². The second-order valence-electron chi connectivity index (χ2n) is 6.09. The number of carbonyl (C=O) groups is 1. The molecule has 0 spiro atoms. The van der Waals surface area contributed by atoms with Gasteiger partial charge in [0.25, 0.3) is 0 Å². The van der Waals surface area contributed by atoms with Crippen molar-refractivity contribution in [1.29, 1.82) is 0 Å². The molecule has 20 heavy (non-hydrogen) atoms. The Hall–Kier alpha value is -1.71. The second kappa shape index (κ2) is 6.16. The number of nitrogens with one attached hydrogen (secondary N) is 1. The lowest BCUT2D eigenvalue weighted by Crippen LogP contribution is -2.35. The summed E-state index contributed by atoms with van der Waals surface area (Å²) in [4.78, 5) is 13.7. The maximum absolute atomic E-state index is 12.1. The van der Waals surface area contributed by atoms with Crippen molar-refractivity contribution in [1.82, 2.24) is 4.90 Å². The van der Waals surface area contributed by atoms with E-state index in [1.54, 1.807) is 11.9 Å². The molecule has 0 fully saturated rings. The van der Waals surface area contributed by atoms with Gasteiger partial charge < -0.3 is 15.0 Å². The molecule has 0 saturated heterocycles. The number of ether oxygens (including phenoxy) is 1. The Morgan fingerprint density at radius 2 is 1.95 bits per heavy atom. The summed E-state index contributed by atoms with van der Waals surface area (Å²) >= 11 is 0. The second-order valence-corrected chi connectivity index (χ2v) is 6.09. The van der Waals surface area contributed by atoms with Gasteiger partial charge in [0.15, 0.2) is 0 Å². The summed E-state index contributed by atoms with van der Waals surface area (Å²) in [5.41, 5.74) is 2.86. The van der Waals surface area contributed by atoms with Crippen LogP contribution in [0.5, 0.6) is 0 Å². The highest BCUT2D eigenvalue weighted by Crippen LogP contribution is 2.25. The molecule has 0 radical (unpaired) electrons. The lowest BCUT2D eigenvalue weighted by atomic mass is 10.0. The molecule has 0 saturated carbocycles. The van der Waals surface area contributed by atoms with Crippen LogP contribution in [0.15, 0.2) is 18.2 Å². The molecule has 1 rings (SSSR count). The van der Waals surface area contributed by atoms with Crippen LogP contribution in [0.1, 0.15) is 44.9 Å². The number of hydrogen-bond acceptors (Lipinski definition) is 3. The minimum atomic E-state index is -0.478. The lowest BCUT2D eigenvalue weighted by Gasteiger charge is -2.29. The molecule has 0 heterocycles. The number of amides is 1. The minimum absolute atomic E-state index is 0.0439. The van der Waals surface area contributed by atoms with E-state index < -0.39 is 5.60 Å². The topological polar surface area (TPSA) is 41.6 Å². The average Bonchev–Trinajstić information content (AvgIpc) is 2.35. The fraction of sp³-hybridized carbons (Fsp3) is 0.562. The van der Waals surface area contributed by atoms with Crippen molar-refractivity contribution < 1.29 is 9.53 Å². The first-order chi connectivity index (χ1) is 9.15. The molecule has 1 aromatic rings. The number of aryl methyl sites for hydroxylation is 1. The fourth-order valence-electron chi connectivity index (χ4n) is 1.88. The number of hydrogen-bond donors (Lipinski definition) is 1. The van der Waals surface area contributed by atoms with Gasteiger partial charge in [-0.2, -0.15) is 0 Å². The summed E-state index contributed by atoms with van der Waals surface area (Å²) in [6.45, 7) is 9.66. The molecule has 1 unspecified atom stereocenters. The van der Waals surface area contributed by atoms with Crippen molar-refractivity contribution in [3.8, 4) is 0 Å². The van der Waals surface area contributed by atoms with E-state index in [-0.39, 0.29) is 12.1 Å². The van der Waals surface area contributed by atoms with E-state index in [0.29, 0.717) is 0 Å². The zero-order valence-corrected chi connectivity index (χ0v) is 13.6. The Morgan fingerprint density at radius 1 is 1.35 bits per heavy atom. The SMILES string of the molecule is CNc1cc(C(C)N(C)C(=O)OC(C)(C)C)ccc1C. The molecule has 1 amide bonds. The fourth-order valence-corrected chi connectivity index (χ4v) is 1.88. The van der Waals surface area contributed by atoms with Gasteiger partial charge in [0, 0.05) is 19.8 Å². The van der Waals surface area contributed by atoms with E-state index in [9.17, 15) is 4.79 Å². The smallest absolute Gasteiger partial charge is 0.410 e. The number of nitrogens with zero attached hydrogens (tertiary/aromatic N) is 1. The van der Waals surface area contributed by atoms with Gasteiger partial charge in [-0.1, -0.05) is 12.1 Å². The summed E-state index contributed by atoms with van der Waals surface area (Å²) in [5, 5.41) is 3.16. The van der Waals surface area contributed by atoms with Crippen molar-refractivity contribution >= 4 is 11.8 Å². The van der Waals surface area contributed by atoms with Gasteiger partial charge in [0.2, 0.25) is 0 Å². The largest absolute Gasteiger partial charge is 0.444 e. The minimum Gasteiger partial charge on any atom is -0.444 e. The summed E-state index contributed by atoms with van der Waals surface area (Å²) in [7, 11) is 3.66. The highest BCUT2D eigenvalue weighted by atomic mass is 16.6. The van der Waals surface area contributed by atoms with E-state index in [4.69, 9.17) is 4.74 Å². The number of carbonyl (C=O) groups excluding carboxylic acids is 1. The van der Waals surface area contributed by atoms with Crippen LogP contribution < -0.4 is 5.32 Å². The molecule has 0 aliphatic heterocycles. The third-order valence-electron chi connectivity index (χ3n) is 3.28. The van der Waals surface area contributed by atoms with Gasteiger partial charge >= 0.3 is 6.09 Å². The predicted molar refractivity (Wildman–Crippen MR) is 83.1 cm³/mol. The Morgan fingerprint density at radius 3 is 2.45 bits per heavy atom. The van der Waals surface area contributed by atoms with Crippen molar-refractivity contribution in [2.24, 2.45) is 0 Å². The van der Waals surface area contributed by atoms with Gasteiger partial charge in [0.05, 0.1) is 6.04 Å². The number of rotatable bonds is 3. The van der Waals surface area contributed by atoms with Crippen molar-refractivity contribution in [3.63, 3.8) is 0 Å². The Kier molecular flexibility index (Phi) is 5.03. The van der Waals surface area contributed by atoms with Gasteiger partial charge in [-0.15, -0.1) is 0 Å². The predicted octanol–water partition coefficient (Wildman–Crippen LogP) is 3.96. The first kappa shape index (κ1) is 16.3. The molecule has 1 N–H and O–H groups in total. The zero-order valence-electron chi connectivity index (χ0n) is 13.6. The van der Waals surface area contributed by atoms with Crippen LogP contribution in [0.4, 0.5) is 10.5 Å². The molecule has 0 bridgehead atoms. The third-order valence-corrected chi connectivity index (χ3v) is 3.28. The van der Waals surface area contributed by atoms with E-state index in [0.717, 1.165) is 11.3 Å². The monoisotopic (exact) mass is 278 g/mol. The van der Waals surface area contributed by atoms with Gasteiger partial charge in [-0.05, 0) is 51.8 Å². The molecule has 0 aliphatic carbocycles. The molecule has 0 aliphatic rings. The van der Waals surface area contributed by atoms with Crippen molar-refractivity contribution in [2.45, 2.75) is 46.3 Å². The molecule has 1 aromatic carbocycles. The molecular formula is C16H26N2O2. The average molecular weight is 278 g/mol.